The van der Waals surface area contributed by atoms with Gasteiger partial charge < -0.3 is 0 Å². The van der Waals surface area contributed by atoms with Gasteiger partial charge in [-0.15, -0.1) is 0 Å². The third kappa shape index (κ3) is 3.26. The first-order valence-corrected chi connectivity index (χ1v) is 9.58. The van der Waals surface area contributed by atoms with Crippen LogP contribution in [0.25, 0.3) is 16.7 Å². The lowest BCUT2D eigenvalue weighted by Crippen LogP contribution is -2.22. The number of hydrogen-bond acceptors (Lipinski definition) is 4. The van der Waals surface area contributed by atoms with Crippen LogP contribution in [0.1, 0.15) is 18.1 Å². The summed E-state index contributed by atoms with van der Waals surface area (Å²) < 4.78 is 15.6. The lowest BCUT2D eigenvalue weighted by Gasteiger charge is -2.15. The summed E-state index contributed by atoms with van der Waals surface area (Å²) in [5.41, 5.74) is 2.64. The van der Waals surface area contributed by atoms with E-state index in [4.69, 9.17) is 0 Å². The molecule has 7 heteroatoms. The Morgan fingerprint density at radius 1 is 1.11 bits per heavy atom. The number of halogens is 1. The molecule has 0 spiro atoms. The number of aryl methyl sites for hydroxylation is 1. The molecule has 0 aliphatic carbocycles. The SMILES string of the molecule is CCc1ccccc1-n1c(SCc2ccccc2F)nc2[nH]ncc2c1=O. The maximum Gasteiger partial charge on any atom is 0.269 e. The van der Waals surface area contributed by atoms with Crippen molar-refractivity contribution in [3.05, 3.63) is 82.0 Å². The number of nitrogens with one attached hydrogen (secondary N) is 1. The molecule has 0 saturated carbocycles. The Morgan fingerprint density at radius 2 is 1.85 bits per heavy atom. The van der Waals surface area contributed by atoms with Gasteiger partial charge in [-0.2, -0.15) is 5.10 Å². The van der Waals surface area contributed by atoms with Gasteiger partial charge >= 0.3 is 0 Å². The zero-order valence-electron chi connectivity index (χ0n) is 14.6. The summed E-state index contributed by atoms with van der Waals surface area (Å²) in [4.78, 5) is 17.7. The molecule has 0 fully saturated rings. The fourth-order valence-corrected chi connectivity index (χ4v) is 3.95. The predicted octanol–water partition coefficient (Wildman–Crippen LogP) is 4.10. The van der Waals surface area contributed by atoms with Crippen LogP contribution >= 0.6 is 11.8 Å². The van der Waals surface area contributed by atoms with Gasteiger partial charge in [-0.3, -0.25) is 14.5 Å². The maximum atomic E-state index is 14.0. The van der Waals surface area contributed by atoms with Crippen molar-refractivity contribution >= 4 is 22.8 Å². The highest BCUT2D eigenvalue weighted by atomic mass is 32.2. The van der Waals surface area contributed by atoms with E-state index in [1.54, 1.807) is 22.8 Å². The van der Waals surface area contributed by atoms with Crippen LogP contribution in [-0.2, 0) is 12.2 Å². The van der Waals surface area contributed by atoms with Gasteiger partial charge in [0, 0.05) is 5.75 Å². The number of hydrogen-bond donors (Lipinski definition) is 1. The fourth-order valence-electron chi connectivity index (χ4n) is 2.97. The zero-order valence-corrected chi connectivity index (χ0v) is 15.5. The maximum absolute atomic E-state index is 14.0. The van der Waals surface area contributed by atoms with Gasteiger partial charge in [0.05, 0.1) is 11.9 Å². The van der Waals surface area contributed by atoms with Crippen LogP contribution in [0.4, 0.5) is 4.39 Å². The predicted molar refractivity (Wildman–Crippen MR) is 105 cm³/mol. The molecule has 0 aliphatic heterocycles. The number of rotatable bonds is 5. The minimum atomic E-state index is -0.268. The highest BCUT2D eigenvalue weighted by molar-refractivity contribution is 7.98. The van der Waals surface area contributed by atoms with Crippen molar-refractivity contribution in [3.8, 4) is 5.69 Å². The third-order valence-electron chi connectivity index (χ3n) is 4.38. The second-order valence-electron chi connectivity index (χ2n) is 6.03. The van der Waals surface area contributed by atoms with E-state index in [0.717, 1.165) is 17.7 Å². The number of benzene rings is 2. The topological polar surface area (TPSA) is 63.6 Å². The van der Waals surface area contributed by atoms with E-state index in [2.05, 4.69) is 15.2 Å². The van der Waals surface area contributed by atoms with Gasteiger partial charge in [0.15, 0.2) is 10.8 Å². The number of aromatic nitrogens is 4. The molecule has 5 nitrogen and oxygen atoms in total. The summed E-state index contributed by atoms with van der Waals surface area (Å²) in [6.07, 6.45) is 2.27. The lowest BCUT2D eigenvalue weighted by atomic mass is 10.1. The molecular formula is C20H17FN4OS. The molecule has 4 rings (SSSR count). The smallest absolute Gasteiger partial charge is 0.268 e. The van der Waals surface area contributed by atoms with Gasteiger partial charge in [-0.05, 0) is 29.7 Å². The van der Waals surface area contributed by atoms with Crippen LogP contribution in [0.3, 0.4) is 0 Å². The summed E-state index contributed by atoms with van der Waals surface area (Å²) in [6, 6.07) is 14.4. The Bertz CT molecular complexity index is 1170. The molecule has 4 aromatic rings. The summed E-state index contributed by atoms with van der Waals surface area (Å²) in [5, 5.41) is 7.63. The molecule has 0 radical (unpaired) electrons. The molecule has 0 saturated heterocycles. The third-order valence-corrected chi connectivity index (χ3v) is 5.37. The Hall–Kier alpha value is -2.93. The molecule has 0 aliphatic rings. The Labute approximate surface area is 159 Å². The summed E-state index contributed by atoms with van der Waals surface area (Å²) in [7, 11) is 0. The van der Waals surface area contributed by atoms with E-state index in [1.807, 2.05) is 31.2 Å². The Balaban J connectivity index is 1.86. The quantitative estimate of drug-likeness (QED) is 0.418. The first kappa shape index (κ1) is 17.5. The molecule has 0 unspecified atom stereocenters. The molecule has 27 heavy (non-hydrogen) atoms. The van der Waals surface area contributed by atoms with E-state index in [1.165, 1.54) is 24.0 Å². The van der Waals surface area contributed by atoms with Crippen molar-refractivity contribution in [3.63, 3.8) is 0 Å². The Morgan fingerprint density at radius 3 is 2.63 bits per heavy atom. The van der Waals surface area contributed by atoms with Crippen LogP contribution in [0.15, 0.2) is 64.7 Å². The average molecular weight is 380 g/mol. The minimum Gasteiger partial charge on any atom is -0.268 e. The van der Waals surface area contributed by atoms with Crippen LogP contribution < -0.4 is 5.56 Å². The van der Waals surface area contributed by atoms with Crippen LogP contribution in [0.5, 0.6) is 0 Å². The summed E-state index contributed by atoms with van der Waals surface area (Å²) in [5.74, 6) is 0.100. The summed E-state index contributed by atoms with van der Waals surface area (Å²) in [6.45, 7) is 2.04. The van der Waals surface area contributed by atoms with Crippen molar-refractivity contribution in [2.24, 2.45) is 0 Å². The monoisotopic (exact) mass is 380 g/mol. The first-order chi connectivity index (χ1) is 13.2. The first-order valence-electron chi connectivity index (χ1n) is 8.59. The van der Waals surface area contributed by atoms with Gasteiger partial charge in [-0.25, -0.2) is 9.37 Å². The molecule has 1 N–H and O–H groups in total. The van der Waals surface area contributed by atoms with Gasteiger partial charge in [0.2, 0.25) is 0 Å². The van der Waals surface area contributed by atoms with E-state index < -0.39 is 0 Å². The molecule has 0 amide bonds. The van der Waals surface area contributed by atoms with E-state index in [-0.39, 0.29) is 11.4 Å². The minimum absolute atomic E-state index is 0.189. The number of aromatic amines is 1. The van der Waals surface area contributed by atoms with Crippen molar-refractivity contribution in [1.82, 2.24) is 19.7 Å². The summed E-state index contributed by atoms with van der Waals surface area (Å²) >= 11 is 1.32. The highest BCUT2D eigenvalue weighted by Crippen LogP contribution is 2.26. The zero-order chi connectivity index (χ0) is 18.8. The van der Waals surface area contributed by atoms with E-state index in [9.17, 15) is 9.18 Å². The molecular weight excluding hydrogens is 363 g/mol. The normalized spacial score (nSPS) is 11.2. The highest BCUT2D eigenvalue weighted by Gasteiger charge is 2.17. The molecule has 2 aromatic heterocycles. The standard InChI is InChI=1S/C20H17FN4OS/c1-2-13-7-4-6-10-17(13)25-19(26)15-11-22-24-18(15)23-20(25)27-12-14-8-3-5-9-16(14)21/h3-11H,2,12H2,1H3,(H,22,24). The fraction of sp³-hybridized carbons (Fsp3) is 0.150. The van der Waals surface area contributed by atoms with Gasteiger partial charge in [0.25, 0.3) is 5.56 Å². The van der Waals surface area contributed by atoms with E-state index in [0.29, 0.717) is 27.5 Å². The molecule has 0 bridgehead atoms. The second-order valence-corrected chi connectivity index (χ2v) is 6.97. The number of fused-ring (bicyclic) bond motifs is 1. The van der Waals surface area contributed by atoms with Crippen LogP contribution in [0.2, 0.25) is 0 Å². The number of H-pyrrole nitrogens is 1. The number of thioether (sulfide) groups is 1. The van der Waals surface area contributed by atoms with Gasteiger partial charge in [0.1, 0.15) is 11.2 Å². The Kier molecular flexibility index (Phi) is 4.77. The van der Waals surface area contributed by atoms with Crippen molar-refractivity contribution in [2.75, 3.05) is 0 Å². The lowest BCUT2D eigenvalue weighted by molar-refractivity contribution is 0.617. The number of nitrogens with zero attached hydrogens (tertiary/aromatic N) is 3. The average Bonchev–Trinajstić information content (AvgIpc) is 3.16. The largest absolute Gasteiger partial charge is 0.269 e. The van der Waals surface area contributed by atoms with Crippen molar-refractivity contribution in [2.45, 2.75) is 24.3 Å². The van der Waals surface area contributed by atoms with Crippen molar-refractivity contribution < 1.29 is 4.39 Å². The molecule has 0 atom stereocenters. The van der Waals surface area contributed by atoms with Gasteiger partial charge in [-0.1, -0.05) is 55.1 Å². The van der Waals surface area contributed by atoms with E-state index >= 15 is 0 Å². The van der Waals surface area contributed by atoms with Crippen LogP contribution in [-0.4, -0.2) is 19.7 Å². The van der Waals surface area contributed by atoms with Crippen LogP contribution in [0, 0.1) is 5.82 Å². The molecule has 136 valence electrons. The van der Waals surface area contributed by atoms with Crippen molar-refractivity contribution in [1.29, 1.82) is 0 Å². The number of para-hydroxylation sites is 1. The molecule has 2 aromatic carbocycles. The molecule has 2 heterocycles. The second kappa shape index (κ2) is 7.36.